The predicted octanol–water partition coefficient (Wildman–Crippen LogP) is 3.99. The van der Waals surface area contributed by atoms with E-state index >= 15 is 0 Å². The number of alkyl halides is 3. The molecule has 8 heteroatoms. The van der Waals surface area contributed by atoms with Gasteiger partial charge in [0.25, 0.3) is 5.91 Å². The molecular weight excluding hydrogens is 395 g/mol. The molecule has 2 aromatic carbocycles. The third kappa shape index (κ3) is 4.29. The lowest BCUT2D eigenvalue weighted by Crippen LogP contribution is -2.45. The molecule has 1 atom stereocenters. The van der Waals surface area contributed by atoms with Gasteiger partial charge < -0.3 is 15.0 Å². The minimum absolute atomic E-state index is 0.0548. The maximum absolute atomic E-state index is 13.7. The minimum Gasteiger partial charge on any atom is -0.379 e. The summed E-state index contributed by atoms with van der Waals surface area (Å²) in [6.45, 7) is 4.14. The van der Waals surface area contributed by atoms with E-state index in [1.54, 1.807) is 30.3 Å². The van der Waals surface area contributed by atoms with Crippen LogP contribution in [0.4, 0.5) is 18.9 Å². The average Bonchev–Trinajstić information content (AvgIpc) is 2.75. The molecule has 1 amide bonds. The van der Waals surface area contributed by atoms with E-state index in [1.807, 2.05) is 0 Å². The normalized spacial score (nSPS) is 20.0. The number of hydrogen-bond acceptors (Lipinski definition) is 4. The van der Waals surface area contributed by atoms with Crippen LogP contribution >= 0.6 is 0 Å². The molecule has 0 aliphatic carbocycles. The van der Waals surface area contributed by atoms with Gasteiger partial charge >= 0.3 is 6.18 Å². The van der Waals surface area contributed by atoms with Crippen molar-refractivity contribution >= 4 is 11.6 Å². The van der Waals surface area contributed by atoms with E-state index in [4.69, 9.17) is 4.74 Å². The van der Waals surface area contributed by atoms with E-state index in [1.165, 1.54) is 17.0 Å². The number of hydrogen-bond donors (Lipinski definition) is 1. The van der Waals surface area contributed by atoms with Crippen molar-refractivity contribution in [3.63, 3.8) is 0 Å². The van der Waals surface area contributed by atoms with Crippen molar-refractivity contribution < 1.29 is 22.7 Å². The van der Waals surface area contributed by atoms with Crippen LogP contribution in [0.5, 0.6) is 0 Å². The van der Waals surface area contributed by atoms with Crippen molar-refractivity contribution in [2.45, 2.75) is 18.8 Å². The third-order valence-corrected chi connectivity index (χ3v) is 5.56. The highest BCUT2D eigenvalue weighted by Crippen LogP contribution is 2.39. The van der Waals surface area contributed by atoms with Crippen LogP contribution in [0.3, 0.4) is 0 Å². The molecular formula is C22H24F3N3O2. The predicted molar refractivity (Wildman–Crippen MR) is 107 cm³/mol. The summed E-state index contributed by atoms with van der Waals surface area (Å²) in [5.41, 5.74) is 0.352. The van der Waals surface area contributed by atoms with Crippen LogP contribution in [0.1, 0.15) is 34.1 Å². The van der Waals surface area contributed by atoms with Gasteiger partial charge in [-0.15, -0.1) is 0 Å². The number of anilines is 1. The van der Waals surface area contributed by atoms with Crippen molar-refractivity contribution in [2.75, 3.05) is 44.7 Å². The molecule has 0 spiro atoms. The number of amides is 1. The van der Waals surface area contributed by atoms with Gasteiger partial charge in [0.2, 0.25) is 0 Å². The van der Waals surface area contributed by atoms with Gasteiger partial charge in [0.1, 0.15) is 6.17 Å². The summed E-state index contributed by atoms with van der Waals surface area (Å²) >= 11 is 0. The molecule has 5 nitrogen and oxygen atoms in total. The first kappa shape index (κ1) is 20.7. The molecule has 0 saturated carbocycles. The number of rotatable bonds is 5. The number of morpholine rings is 1. The maximum Gasteiger partial charge on any atom is 0.416 e. The average molecular weight is 419 g/mol. The Labute approximate surface area is 173 Å². The topological polar surface area (TPSA) is 44.8 Å². The fourth-order valence-electron chi connectivity index (χ4n) is 4.05. The van der Waals surface area contributed by atoms with Gasteiger partial charge in [0.15, 0.2) is 0 Å². The number of ether oxygens (including phenoxy) is 1. The van der Waals surface area contributed by atoms with Crippen LogP contribution in [-0.4, -0.2) is 55.1 Å². The van der Waals surface area contributed by atoms with E-state index < -0.39 is 17.9 Å². The van der Waals surface area contributed by atoms with Crippen LogP contribution in [-0.2, 0) is 10.9 Å². The Hall–Kier alpha value is -2.58. The molecule has 2 heterocycles. The van der Waals surface area contributed by atoms with Gasteiger partial charge in [-0.05, 0) is 24.6 Å². The lowest BCUT2D eigenvalue weighted by Gasteiger charge is -2.39. The summed E-state index contributed by atoms with van der Waals surface area (Å²) in [5.74, 6) is -0.256. The van der Waals surface area contributed by atoms with E-state index in [2.05, 4.69) is 10.2 Å². The summed E-state index contributed by atoms with van der Waals surface area (Å²) < 4.78 is 46.4. The molecule has 0 aromatic heterocycles. The lowest BCUT2D eigenvalue weighted by atomic mass is 9.99. The number of fused-ring (bicyclic) bond motifs is 1. The van der Waals surface area contributed by atoms with Gasteiger partial charge in [-0.3, -0.25) is 9.69 Å². The van der Waals surface area contributed by atoms with Crippen LogP contribution in [0.25, 0.3) is 0 Å². The van der Waals surface area contributed by atoms with E-state index in [0.717, 1.165) is 25.7 Å². The molecule has 2 aliphatic heterocycles. The zero-order valence-corrected chi connectivity index (χ0v) is 16.5. The highest BCUT2D eigenvalue weighted by atomic mass is 19.4. The van der Waals surface area contributed by atoms with Gasteiger partial charge in [0.05, 0.1) is 24.3 Å². The summed E-state index contributed by atoms with van der Waals surface area (Å²) in [6, 6.07) is 12.4. The monoisotopic (exact) mass is 419 g/mol. The zero-order chi connectivity index (χ0) is 21.1. The molecule has 0 bridgehead atoms. The number of benzene rings is 2. The Morgan fingerprint density at radius 1 is 1.00 bits per heavy atom. The standard InChI is InChI=1S/C22H24F3N3O2/c23-22(24,25)18-8-3-1-6-16(18)20-26-19-9-4-2-7-17(19)21(29)28(20)11-5-10-27-12-14-30-15-13-27/h1-4,6-9,20,26H,5,10-15H2. The summed E-state index contributed by atoms with van der Waals surface area (Å²) in [6.07, 6.45) is -4.71. The number of nitrogens with zero attached hydrogens (tertiary/aromatic N) is 2. The number of halogens is 3. The summed E-state index contributed by atoms with van der Waals surface area (Å²) in [7, 11) is 0. The van der Waals surface area contributed by atoms with Gasteiger partial charge in [-0.2, -0.15) is 13.2 Å². The van der Waals surface area contributed by atoms with Crippen LogP contribution in [0.15, 0.2) is 48.5 Å². The molecule has 1 fully saturated rings. The molecule has 4 rings (SSSR count). The number of carbonyl (C=O) groups is 1. The second-order valence-corrected chi connectivity index (χ2v) is 7.48. The number of nitrogens with one attached hydrogen (secondary N) is 1. The molecule has 0 radical (unpaired) electrons. The molecule has 2 aliphatic rings. The Balaban J connectivity index is 1.62. The zero-order valence-electron chi connectivity index (χ0n) is 16.5. The van der Waals surface area contributed by atoms with Crippen molar-refractivity contribution in [3.8, 4) is 0 Å². The van der Waals surface area contributed by atoms with Gasteiger partial charge in [-0.1, -0.05) is 30.3 Å². The first-order valence-corrected chi connectivity index (χ1v) is 10.1. The van der Waals surface area contributed by atoms with Crippen molar-refractivity contribution in [2.24, 2.45) is 0 Å². The van der Waals surface area contributed by atoms with Crippen LogP contribution in [0, 0.1) is 0 Å². The first-order valence-electron chi connectivity index (χ1n) is 10.1. The molecule has 30 heavy (non-hydrogen) atoms. The molecule has 2 aromatic rings. The van der Waals surface area contributed by atoms with Crippen molar-refractivity contribution in [1.82, 2.24) is 9.80 Å². The van der Waals surface area contributed by atoms with Crippen molar-refractivity contribution in [1.29, 1.82) is 0 Å². The minimum atomic E-state index is -4.50. The Kier molecular flexibility index (Phi) is 5.97. The Bertz CT molecular complexity index is 897. The van der Waals surface area contributed by atoms with Crippen LogP contribution in [0.2, 0.25) is 0 Å². The van der Waals surface area contributed by atoms with Crippen molar-refractivity contribution in [3.05, 3.63) is 65.2 Å². The highest BCUT2D eigenvalue weighted by Gasteiger charge is 2.39. The van der Waals surface area contributed by atoms with Crippen LogP contribution < -0.4 is 5.32 Å². The smallest absolute Gasteiger partial charge is 0.379 e. The summed E-state index contributed by atoms with van der Waals surface area (Å²) in [4.78, 5) is 17.0. The SMILES string of the molecule is O=C1c2ccccc2NC(c2ccccc2C(F)(F)F)N1CCCN1CCOCC1. The third-order valence-electron chi connectivity index (χ3n) is 5.56. The second kappa shape index (κ2) is 8.65. The molecule has 1 unspecified atom stereocenters. The van der Waals surface area contributed by atoms with Gasteiger partial charge in [0, 0.05) is 37.4 Å². The Morgan fingerprint density at radius 3 is 2.47 bits per heavy atom. The van der Waals surface area contributed by atoms with E-state index in [0.29, 0.717) is 37.4 Å². The number of para-hydroxylation sites is 1. The quantitative estimate of drug-likeness (QED) is 0.796. The second-order valence-electron chi connectivity index (χ2n) is 7.48. The fraction of sp³-hybridized carbons (Fsp3) is 0.409. The fourth-order valence-corrected chi connectivity index (χ4v) is 4.05. The largest absolute Gasteiger partial charge is 0.416 e. The highest BCUT2D eigenvalue weighted by molar-refractivity contribution is 6.01. The maximum atomic E-state index is 13.7. The number of carbonyl (C=O) groups excluding carboxylic acids is 1. The lowest BCUT2D eigenvalue weighted by molar-refractivity contribution is -0.138. The van der Waals surface area contributed by atoms with E-state index in [-0.39, 0.29) is 11.5 Å². The van der Waals surface area contributed by atoms with Gasteiger partial charge in [-0.25, -0.2) is 0 Å². The molecule has 1 N–H and O–H groups in total. The van der Waals surface area contributed by atoms with E-state index in [9.17, 15) is 18.0 Å². The first-order chi connectivity index (χ1) is 14.4. The Morgan fingerprint density at radius 2 is 1.70 bits per heavy atom. The summed E-state index contributed by atoms with van der Waals surface area (Å²) in [5, 5.41) is 3.17. The molecule has 160 valence electrons. The molecule has 1 saturated heterocycles.